The fourth-order valence-corrected chi connectivity index (χ4v) is 3.26. The molecule has 0 amide bonds. The molecule has 0 bridgehead atoms. The zero-order valence-corrected chi connectivity index (χ0v) is 17.0. The molecule has 6 nitrogen and oxygen atoms in total. The first-order valence-electron chi connectivity index (χ1n) is 9.59. The lowest BCUT2D eigenvalue weighted by Gasteiger charge is -2.14. The lowest BCUT2D eigenvalue weighted by Crippen LogP contribution is -2.17. The summed E-state index contributed by atoms with van der Waals surface area (Å²) in [5.74, 6) is -0.184. The van der Waals surface area contributed by atoms with Crippen LogP contribution in [0.1, 0.15) is 16.7 Å². The number of hydrogen-bond donors (Lipinski definition) is 1. The predicted molar refractivity (Wildman–Crippen MR) is 121 cm³/mol. The molecule has 1 heterocycles. The van der Waals surface area contributed by atoms with Crippen LogP contribution in [0.4, 0.5) is 11.4 Å². The highest BCUT2D eigenvalue weighted by molar-refractivity contribution is 6.17. The van der Waals surface area contributed by atoms with Gasteiger partial charge in [0.2, 0.25) is 0 Å². The van der Waals surface area contributed by atoms with Crippen LogP contribution in [0, 0.1) is 11.3 Å². The van der Waals surface area contributed by atoms with Gasteiger partial charge in [0.05, 0.1) is 28.4 Å². The monoisotopic (exact) mass is 409 g/mol. The van der Waals surface area contributed by atoms with Crippen LogP contribution in [0.25, 0.3) is 11.0 Å². The molecule has 31 heavy (non-hydrogen) atoms. The lowest BCUT2D eigenvalue weighted by molar-refractivity contribution is 0.466. The van der Waals surface area contributed by atoms with Crippen LogP contribution in [-0.4, -0.2) is 24.9 Å². The predicted octanol–water partition coefficient (Wildman–Crippen LogP) is 4.61. The van der Waals surface area contributed by atoms with Gasteiger partial charge in [0.1, 0.15) is 16.9 Å². The van der Waals surface area contributed by atoms with Gasteiger partial charge < -0.3 is 14.4 Å². The van der Waals surface area contributed by atoms with Crippen LogP contribution in [-0.2, 0) is 0 Å². The summed E-state index contributed by atoms with van der Waals surface area (Å²) in [6.07, 6.45) is 0. The van der Waals surface area contributed by atoms with E-state index in [1.807, 2.05) is 43.3 Å². The second kappa shape index (κ2) is 8.17. The number of fused-ring (bicyclic) bond motifs is 1. The highest BCUT2D eigenvalue weighted by Gasteiger charge is 2.21. The van der Waals surface area contributed by atoms with Gasteiger partial charge in [-0.2, -0.15) is 5.26 Å². The van der Waals surface area contributed by atoms with Crippen molar-refractivity contribution in [2.24, 2.45) is 4.99 Å². The molecule has 0 aliphatic rings. The molecule has 0 spiro atoms. The number of nitrogens with zero attached hydrogens (tertiary/aromatic N) is 3. The maximum Gasteiger partial charge on any atom is 0.349 e. The number of nitriles is 1. The number of anilines is 1. The van der Waals surface area contributed by atoms with E-state index in [1.54, 1.807) is 48.5 Å². The van der Waals surface area contributed by atoms with Crippen molar-refractivity contribution in [3.8, 4) is 11.8 Å². The molecule has 0 aliphatic carbocycles. The Labute approximate surface area is 178 Å². The molecule has 0 saturated carbocycles. The standard InChI is InChI=1S/C25H19N3O3/c1-28(2)19-13-9-17(10-14-19)23(27-18-11-7-16(15-26)8-12-18)22-24(29)20-5-3-4-6-21(20)31-25(22)30/h3-14,29H,1-2H3. The summed E-state index contributed by atoms with van der Waals surface area (Å²) in [4.78, 5) is 19.5. The van der Waals surface area contributed by atoms with Gasteiger partial charge in [0, 0.05) is 25.3 Å². The van der Waals surface area contributed by atoms with E-state index >= 15 is 0 Å². The van der Waals surface area contributed by atoms with Gasteiger partial charge in [-0.25, -0.2) is 9.79 Å². The third kappa shape index (κ3) is 3.89. The molecule has 0 saturated heterocycles. The second-order valence-electron chi connectivity index (χ2n) is 7.17. The number of benzene rings is 3. The molecule has 0 unspecified atom stereocenters. The Kier molecular flexibility index (Phi) is 5.25. The van der Waals surface area contributed by atoms with Crippen LogP contribution in [0.5, 0.6) is 5.75 Å². The molecule has 1 aromatic heterocycles. The summed E-state index contributed by atoms with van der Waals surface area (Å²) in [7, 11) is 3.87. The van der Waals surface area contributed by atoms with Crippen molar-refractivity contribution in [2.75, 3.05) is 19.0 Å². The Balaban J connectivity index is 1.96. The molecule has 0 atom stereocenters. The lowest BCUT2D eigenvalue weighted by atomic mass is 10.0. The van der Waals surface area contributed by atoms with E-state index in [9.17, 15) is 9.90 Å². The average Bonchev–Trinajstić information content (AvgIpc) is 2.79. The molecule has 0 radical (unpaired) electrons. The molecule has 0 fully saturated rings. The fourth-order valence-electron chi connectivity index (χ4n) is 3.26. The van der Waals surface area contributed by atoms with Crippen LogP contribution < -0.4 is 10.5 Å². The van der Waals surface area contributed by atoms with Crippen molar-refractivity contribution in [1.82, 2.24) is 0 Å². The third-order valence-electron chi connectivity index (χ3n) is 4.92. The number of aromatic hydroxyl groups is 1. The quantitative estimate of drug-likeness (QED) is 0.393. The number of para-hydroxylation sites is 1. The first-order valence-corrected chi connectivity index (χ1v) is 9.59. The van der Waals surface area contributed by atoms with Crippen molar-refractivity contribution in [1.29, 1.82) is 5.26 Å². The summed E-state index contributed by atoms with van der Waals surface area (Å²) in [6, 6.07) is 23.0. The number of hydrogen-bond acceptors (Lipinski definition) is 6. The van der Waals surface area contributed by atoms with E-state index < -0.39 is 5.63 Å². The minimum absolute atomic E-state index is 0.0133. The van der Waals surface area contributed by atoms with Gasteiger partial charge in [-0.05, 0) is 48.5 Å². The number of rotatable bonds is 4. The molecule has 1 N–H and O–H groups in total. The van der Waals surface area contributed by atoms with Gasteiger partial charge in [0.25, 0.3) is 0 Å². The maximum absolute atomic E-state index is 12.9. The van der Waals surface area contributed by atoms with Gasteiger partial charge in [-0.3, -0.25) is 0 Å². The molecular weight excluding hydrogens is 390 g/mol. The molecule has 6 heteroatoms. The zero-order valence-electron chi connectivity index (χ0n) is 17.0. The van der Waals surface area contributed by atoms with E-state index in [4.69, 9.17) is 9.68 Å². The van der Waals surface area contributed by atoms with Crippen molar-refractivity contribution in [2.45, 2.75) is 0 Å². The zero-order chi connectivity index (χ0) is 22.0. The smallest absolute Gasteiger partial charge is 0.349 e. The second-order valence-corrected chi connectivity index (χ2v) is 7.17. The van der Waals surface area contributed by atoms with E-state index in [0.29, 0.717) is 27.8 Å². The van der Waals surface area contributed by atoms with E-state index in [1.165, 1.54) is 0 Å². The summed E-state index contributed by atoms with van der Waals surface area (Å²) >= 11 is 0. The van der Waals surface area contributed by atoms with Gasteiger partial charge in [-0.15, -0.1) is 0 Å². The Hall–Kier alpha value is -4.37. The summed E-state index contributed by atoms with van der Waals surface area (Å²) in [6.45, 7) is 0. The number of aliphatic imine (C=N–C) groups is 1. The SMILES string of the molecule is CN(C)c1ccc(C(=Nc2ccc(C#N)cc2)c2c(O)c3ccccc3oc2=O)cc1. The third-order valence-corrected chi connectivity index (χ3v) is 4.92. The van der Waals surface area contributed by atoms with Gasteiger partial charge in [-0.1, -0.05) is 24.3 Å². The van der Waals surface area contributed by atoms with Crippen molar-refractivity contribution >= 4 is 28.1 Å². The van der Waals surface area contributed by atoms with Crippen LogP contribution in [0.2, 0.25) is 0 Å². The largest absolute Gasteiger partial charge is 0.506 e. The first-order chi connectivity index (χ1) is 15.0. The van der Waals surface area contributed by atoms with Gasteiger partial charge in [0.15, 0.2) is 0 Å². The van der Waals surface area contributed by atoms with Crippen molar-refractivity contribution in [3.63, 3.8) is 0 Å². The topological polar surface area (TPSA) is 89.8 Å². The Morgan fingerprint density at radius 1 is 1.00 bits per heavy atom. The van der Waals surface area contributed by atoms with Crippen LogP contribution in [0.15, 0.2) is 87.0 Å². The van der Waals surface area contributed by atoms with E-state index in [-0.39, 0.29) is 17.0 Å². The van der Waals surface area contributed by atoms with E-state index in [0.717, 1.165) is 5.69 Å². The molecule has 0 aliphatic heterocycles. The maximum atomic E-state index is 12.9. The Bertz CT molecular complexity index is 1380. The van der Waals surface area contributed by atoms with Crippen molar-refractivity contribution < 1.29 is 9.52 Å². The summed E-state index contributed by atoms with van der Waals surface area (Å²) in [5, 5.41) is 20.4. The van der Waals surface area contributed by atoms with E-state index in [2.05, 4.69) is 11.1 Å². The summed E-state index contributed by atoms with van der Waals surface area (Å²) < 4.78 is 5.46. The minimum atomic E-state index is -0.680. The van der Waals surface area contributed by atoms with Gasteiger partial charge >= 0.3 is 5.63 Å². The fraction of sp³-hybridized carbons (Fsp3) is 0.0800. The molecule has 4 aromatic rings. The molecule has 3 aromatic carbocycles. The highest BCUT2D eigenvalue weighted by Crippen LogP contribution is 2.29. The Morgan fingerprint density at radius 3 is 2.32 bits per heavy atom. The average molecular weight is 409 g/mol. The highest BCUT2D eigenvalue weighted by atomic mass is 16.4. The molecule has 4 rings (SSSR count). The van der Waals surface area contributed by atoms with Crippen molar-refractivity contribution in [3.05, 3.63) is 99.9 Å². The Morgan fingerprint density at radius 2 is 1.68 bits per heavy atom. The minimum Gasteiger partial charge on any atom is -0.506 e. The van der Waals surface area contributed by atoms with Crippen LogP contribution >= 0.6 is 0 Å². The van der Waals surface area contributed by atoms with Crippen LogP contribution in [0.3, 0.4) is 0 Å². The first kappa shape index (κ1) is 19.9. The molecular formula is C25H19N3O3. The summed E-state index contributed by atoms with van der Waals surface area (Å²) in [5.41, 5.74) is 2.56. The normalized spacial score (nSPS) is 11.3. The molecule has 152 valence electrons.